The Balaban J connectivity index is 1.68. The van der Waals surface area contributed by atoms with Gasteiger partial charge in [-0.15, -0.1) is 0 Å². The molecule has 29 heavy (non-hydrogen) atoms. The number of anilines is 1. The first-order valence-electron chi connectivity index (χ1n) is 9.55. The van der Waals surface area contributed by atoms with Crippen LogP contribution in [0.4, 0.5) is 5.69 Å². The molecule has 1 fully saturated rings. The van der Waals surface area contributed by atoms with E-state index in [-0.39, 0.29) is 10.5 Å². The third kappa shape index (κ3) is 5.21. The highest BCUT2D eigenvalue weighted by Crippen LogP contribution is 2.22. The van der Waals surface area contributed by atoms with Crippen LogP contribution in [0.1, 0.15) is 36.5 Å². The minimum atomic E-state index is -3.66. The molecule has 1 atom stereocenters. The Morgan fingerprint density at radius 1 is 1.00 bits per heavy atom. The van der Waals surface area contributed by atoms with Gasteiger partial charge in [-0.05, 0) is 50.1 Å². The Morgan fingerprint density at radius 3 is 2.38 bits per heavy atom. The van der Waals surface area contributed by atoms with E-state index in [0.29, 0.717) is 18.8 Å². The Kier molecular flexibility index (Phi) is 6.66. The van der Waals surface area contributed by atoms with Crippen molar-refractivity contribution in [3.63, 3.8) is 0 Å². The van der Waals surface area contributed by atoms with Crippen molar-refractivity contribution in [2.45, 2.75) is 37.2 Å². The molecular formula is C21H24N2O5S. The van der Waals surface area contributed by atoms with Crippen LogP contribution < -0.4 is 5.32 Å². The van der Waals surface area contributed by atoms with Crippen molar-refractivity contribution in [3.05, 3.63) is 60.2 Å². The molecule has 154 valence electrons. The highest BCUT2D eigenvalue weighted by Gasteiger charge is 2.27. The second-order valence-corrected chi connectivity index (χ2v) is 8.83. The molecule has 0 unspecified atom stereocenters. The number of rotatable bonds is 6. The maximum atomic E-state index is 12.8. The summed E-state index contributed by atoms with van der Waals surface area (Å²) in [6.45, 7) is 2.42. The van der Waals surface area contributed by atoms with Gasteiger partial charge in [0.25, 0.3) is 5.91 Å². The Morgan fingerprint density at radius 2 is 1.69 bits per heavy atom. The zero-order valence-electron chi connectivity index (χ0n) is 16.2. The van der Waals surface area contributed by atoms with Gasteiger partial charge in [-0.25, -0.2) is 13.2 Å². The molecule has 8 heteroatoms. The lowest BCUT2D eigenvalue weighted by atomic mass is 10.2. The van der Waals surface area contributed by atoms with E-state index in [4.69, 9.17) is 4.74 Å². The Labute approximate surface area is 170 Å². The second kappa shape index (κ2) is 9.19. The van der Waals surface area contributed by atoms with Gasteiger partial charge in [0.2, 0.25) is 10.0 Å². The summed E-state index contributed by atoms with van der Waals surface area (Å²) in [6, 6.07) is 14.6. The van der Waals surface area contributed by atoms with Gasteiger partial charge in [0.15, 0.2) is 6.10 Å². The van der Waals surface area contributed by atoms with Crippen LogP contribution in [0.25, 0.3) is 0 Å². The number of amides is 1. The molecule has 0 spiro atoms. The van der Waals surface area contributed by atoms with Crippen molar-refractivity contribution in [2.75, 3.05) is 18.4 Å². The summed E-state index contributed by atoms with van der Waals surface area (Å²) in [7, 11) is -3.66. The summed E-state index contributed by atoms with van der Waals surface area (Å²) in [4.78, 5) is 24.7. The molecule has 2 aromatic carbocycles. The van der Waals surface area contributed by atoms with Gasteiger partial charge in [0.05, 0.1) is 10.5 Å². The molecule has 2 aromatic rings. The largest absolute Gasteiger partial charge is 0.449 e. The molecule has 0 saturated carbocycles. The Hall–Kier alpha value is -2.71. The second-order valence-electron chi connectivity index (χ2n) is 6.90. The number of sulfonamides is 1. The van der Waals surface area contributed by atoms with E-state index in [1.54, 1.807) is 24.3 Å². The van der Waals surface area contributed by atoms with Crippen LogP contribution in [0.5, 0.6) is 0 Å². The predicted molar refractivity (Wildman–Crippen MR) is 109 cm³/mol. The molecule has 1 saturated heterocycles. The summed E-state index contributed by atoms with van der Waals surface area (Å²) in [5, 5.41) is 2.66. The molecule has 0 aromatic heterocycles. The summed E-state index contributed by atoms with van der Waals surface area (Å²) >= 11 is 0. The maximum absolute atomic E-state index is 12.8. The predicted octanol–water partition coefficient (Wildman–Crippen LogP) is 3.05. The van der Waals surface area contributed by atoms with Gasteiger partial charge in [-0.3, -0.25) is 4.79 Å². The van der Waals surface area contributed by atoms with Gasteiger partial charge in [-0.1, -0.05) is 30.7 Å². The average Bonchev–Trinajstić information content (AvgIpc) is 2.75. The molecular weight excluding hydrogens is 392 g/mol. The van der Waals surface area contributed by atoms with Crippen molar-refractivity contribution < 1.29 is 22.7 Å². The first-order valence-corrected chi connectivity index (χ1v) is 11.0. The molecule has 0 radical (unpaired) electrons. The monoisotopic (exact) mass is 416 g/mol. The van der Waals surface area contributed by atoms with Crippen LogP contribution in [0.2, 0.25) is 0 Å². The van der Waals surface area contributed by atoms with Gasteiger partial charge < -0.3 is 10.1 Å². The van der Waals surface area contributed by atoms with Gasteiger partial charge in [0.1, 0.15) is 0 Å². The quantitative estimate of drug-likeness (QED) is 0.731. The number of carbonyl (C=O) groups excluding carboxylic acids is 2. The minimum absolute atomic E-state index is 0.0511. The summed E-state index contributed by atoms with van der Waals surface area (Å²) in [5.74, 6) is -1.22. The highest BCUT2D eigenvalue weighted by molar-refractivity contribution is 7.89. The van der Waals surface area contributed by atoms with E-state index in [1.807, 2.05) is 6.07 Å². The number of hydrogen-bond donors (Lipinski definition) is 1. The number of hydrogen-bond acceptors (Lipinski definition) is 5. The number of ether oxygens (including phenoxy) is 1. The van der Waals surface area contributed by atoms with Crippen molar-refractivity contribution in [3.8, 4) is 0 Å². The van der Waals surface area contributed by atoms with E-state index in [2.05, 4.69) is 5.32 Å². The molecule has 3 rings (SSSR count). The zero-order chi connectivity index (χ0) is 20.9. The van der Waals surface area contributed by atoms with Crippen LogP contribution in [0, 0.1) is 0 Å². The average molecular weight is 416 g/mol. The first kappa shape index (κ1) is 21.0. The summed E-state index contributed by atoms with van der Waals surface area (Å²) < 4.78 is 32.3. The topological polar surface area (TPSA) is 92.8 Å². The van der Waals surface area contributed by atoms with E-state index in [1.165, 1.54) is 35.5 Å². The van der Waals surface area contributed by atoms with E-state index in [9.17, 15) is 18.0 Å². The SMILES string of the molecule is C[C@@H](OC(=O)c1cccc(S(=O)(=O)N2CCCCC2)c1)C(=O)Nc1ccccc1. The van der Waals surface area contributed by atoms with Crippen molar-refractivity contribution in [1.82, 2.24) is 4.31 Å². The fourth-order valence-corrected chi connectivity index (χ4v) is 4.65. The molecule has 7 nitrogen and oxygen atoms in total. The van der Waals surface area contributed by atoms with Crippen LogP contribution in [-0.4, -0.2) is 43.8 Å². The van der Waals surface area contributed by atoms with Crippen LogP contribution >= 0.6 is 0 Å². The molecule has 1 N–H and O–H groups in total. The van der Waals surface area contributed by atoms with Gasteiger partial charge in [0, 0.05) is 18.8 Å². The number of nitrogens with one attached hydrogen (secondary N) is 1. The number of nitrogens with zero attached hydrogens (tertiary/aromatic N) is 1. The third-order valence-electron chi connectivity index (χ3n) is 4.72. The zero-order valence-corrected chi connectivity index (χ0v) is 17.0. The smallest absolute Gasteiger partial charge is 0.338 e. The number of carbonyl (C=O) groups is 2. The van der Waals surface area contributed by atoms with Crippen molar-refractivity contribution >= 4 is 27.6 Å². The molecule has 0 aliphatic carbocycles. The maximum Gasteiger partial charge on any atom is 0.338 e. The third-order valence-corrected chi connectivity index (χ3v) is 6.61. The fourth-order valence-electron chi connectivity index (χ4n) is 3.09. The highest BCUT2D eigenvalue weighted by atomic mass is 32.2. The fraction of sp³-hybridized carbons (Fsp3) is 0.333. The number of piperidine rings is 1. The van der Waals surface area contributed by atoms with Gasteiger partial charge in [-0.2, -0.15) is 4.31 Å². The first-order chi connectivity index (χ1) is 13.9. The van der Waals surface area contributed by atoms with Crippen LogP contribution in [0.3, 0.4) is 0 Å². The summed E-state index contributed by atoms with van der Waals surface area (Å²) in [5.41, 5.74) is 0.678. The molecule has 1 amide bonds. The van der Waals surface area contributed by atoms with E-state index < -0.39 is 28.0 Å². The minimum Gasteiger partial charge on any atom is -0.449 e. The summed E-state index contributed by atoms with van der Waals surface area (Å²) in [6.07, 6.45) is 1.63. The van der Waals surface area contributed by atoms with Crippen LogP contribution in [0.15, 0.2) is 59.5 Å². The lowest BCUT2D eigenvalue weighted by Crippen LogP contribution is -2.35. The lowest BCUT2D eigenvalue weighted by Gasteiger charge is -2.26. The number of para-hydroxylation sites is 1. The van der Waals surface area contributed by atoms with Crippen LogP contribution in [-0.2, 0) is 19.6 Å². The number of esters is 1. The van der Waals surface area contributed by atoms with Crippen molar-refractivity contribution in [1.29, 1.82) is 0 Å². The molecule has 0 bridgehead atoms. The molecule has 1 aliphatic rings. The Bertz CT molecular complexity index is 970. The number of benzene rings is 2. The normalized spacial score (nSPS) is 16.0. The standard InChI is InChI=1S/C21H24N2O5S/c1-16(20(24)22-18-10-4-2-5-11-18)28-21(25)17-9-8-12-19(15-17)29(26,27)23-13-6-3-7-14-23/h2,4-5,8-12,15-16H,3,6-7,13-14H2,1H3,(H,22,24)/t16-/m1/s1. The molecule has 1 aliphatic heterocycles. The van der Waals surface area contributed by atoms with Crippen molar-refractivity contribution in [2.24, 2.45) is 0 Å². The van der Waals surface area contributed by atoms with Gasteiger partial charge >= 0.3 is 5.97 Å². The van der Waals surface area contributed by atoms with E-state index >= 15 is 0 Å². The molecule has 1 heterocycles. The van der Waals surface area contributed by atoms with E-state index in [0.717, 1.165) is 19.3 Å². The lowest BCUT2D eigenvalue weighted by molar-refractivity contribution is -0.123.